The number of anilines is 3. The minimum atomic E-state index is -4.63. The molecule has 0 heterocycles. The normalized spacial score (nSPS) is 17.5. The van der Waals surface area contributed by atoms with Crippen molar-refractivity contribution in [3.63, 3.8) is 0 Å². The van der Waals surface area contributed by atoms with Crippen LogP contribution in [0.15, 0.2) is 60.7 Å². The van der Waals surface area contributed by atoms with Crippen molar-refractivity contribution in [3.8, 4) is 0 Å². The maximum atomic E-state index is 13.0. The molecule has 1 aliphatic rings. The first-order chi connectivity index (χ1) is 19.1. The van der Waals surface area contributed by atoms with Gasteiger partial charge in [-0.1, -0.05) is 34.8 Å². The van der Waals surface area contributed by atoms with Crippen molar-refractivity contribution in [2.75, 3.05) is 22.6 Å². The van der Waals surface area contributed by atoms with Crippen LogP contribution in [0.1, 0.15) is 28.3 Å². The fourth-order valence-corrected chi connectivity index (χ4v) is 5.79. The van der Waals surface area contributed by atoms with Crippen molar-refractivity contribution < 1.29 is 27.6 Å². The summed E-state index contributed by atoms with van der Waals surface area (Å²) in [6.45, 7) is 0. The summed E-state index contributed by atoms with van der Waals surface area (Å²) in [5.74, 6) is -3.64. The molecule has 0 radical (unpaired) electrons. The number of hydrogen-bond donors (Lipinski definition) is 2. The van der Waals surface area contributed by atoms with Crippen molar-refractivity contribution in [3.05, 3.63) is 86.9 Å². The van der Waals surface area contributed by atoms with Crippen LogP contribution >= 0.6 is 58.0 Å². The fourth-order valence-electron chi connectivity index (χ4n) is 4.22. The number of amides is 3. The lowest BCUT2D eigenvalue weighted by Crippen LogP contribution is -2.30. The van der Waals surface area contributed by atoms with E-state index in [9.17, 15) is 27.6 Å². The van der Waals surface area contributed by atoms with Gasteiger partial charge in [-0.2, -0.15) is 13.2 Å². The van der Waals surface area contributed by atoms with Gasteiger partial charge < -0.3 is 15.5 Å². The average Bonchev–Trinajstić information content (AvgIpc) is 3.45. The van der Waals surface area contributed by atoms with E-state index in [1.54, 1.807) is 18.2 Å². The van der Waals surface area contributed by atoms with Crippen LogP contribution in [0.3, 0.4) is 0 Å². The summed E-state index contributed by atoms with van der Waals surface area (Å²) in [5.41, 5.74) is 1.38. The van der Waals surface area contributed by atoms with Crippen LogP contribution in [0.5, 0.6) is 0 Å². The minimum absolute atomic E-state index is 0.0306. The van der Waals surface area contributed by atoms with Crippen molar-refractivity contribution >= 4 is 92.8 Å². The lowest BCUT2D eigenvalue weighted by Gasteiger charge is -2.18. The number of hydrogen-bond acceptors (Lipinski definition) is 3. The molecular weight excluding hydrogens is 649 g/mol. The van der Waals surface area contributed by atoms with E-state index in [4.69, 9.17) is 58.0 Å². The number of carbonyl (C=O) groups excluding carboxylic acids is 3. The van der Waals surface area contributed by atoms with E-state index in [2.05, 4.69) is 10.6 Å². The molecule has 3 amide bonds. The second kappa shape index (κ2) is 11.9. The SMILES string of the molecule is CN(C(=O)CC(F)(F)F)c1ccc(NC(=O)c2cc(NC(=O)[C@H]3[C@H](c4cc(Cl)cc(Cl)c4)C3(Cl)Cl)ccc2Cl)cc1. The standard InChI is InChI=1S/C27H19Cl5F3N3O3/c1-38(21(39)12-26(33,34)35)18-5-2-16(3-6-18)36-24(40)19-11-17(4-7-20(19)30)37-25(41)23-22(27(23,31)32)13-8-14(28)10-15(29)9-13/h2-11,22-23H,12H2,1H3,(H,36,40)(H,37,41)/t22-,23+/m0/s1. The Balaban J connectivity index is 1.43. The zero-order valence-corrected chi connectivity index (χ0v) is 24.6. The number of nitrogens with one attached hydrogen (secondary N) is 2. The topological polar surface area (TPSA) is 78.5 Å². The van der Waals surface area contributed by atoms with Crippen LogP contribution in [-0.4, -0.2) is 35.3 Å². The van der Waals surface area contributed by atoms with Gasteiger partial charge in [0, 0.05) is 40.1 Å². The Kier molecular flexibility index (Phi) is 9.07. The Morgan fingerprint density at radius 1 is 0.878 bits per heavy atom. The molecule has 3 aromatic carbocycles. The quantitative estimate of drug-likeness (QED) is 0.249. The molecule has 0 spiro atoms. The molecule has 2 atom stereocenters. The Bertz CT molecular complexity index is 1500. The first-order valence-electron chi connectivity index (χ1n) is 11.8. The van der Waals surface area contributed by atoms with Crippen LogP contribution in [0, 0.1) is 5.92 Å². The molecule has 3 aromatic rings. The molecule has 41 heavy (non-hydrogen) atoms. The lowest BCUT2D eigenvalue weighted by molar-refractivity contribution is -0.151. The summed E-state index contributed by atoms with van der Waals surface area (Å²) < 4.78 is 36.2. The molecule has 4 rings (SSSR count). The maximum absolute atomic E-state index is 13.0. The fraction of sp³-hybridized carbons (Fsp3) is 0.222. The predicted molar refractivity (Wildman–Crippen MR) is 156 cm³/mol. The van der Waals surface area contributed by atoms with Crippen LogP contribution < -0.4 is 15.5 Å². The minimum Gasteiger partial charge on any atom is -0.326 e. The lowest BCUT2D eigenvalue weighted by atomic mass is 10.1. The Hall–Kier alpha value is -2.69. The molecule has 0 saturated heterocycles. The Morgan fingerprint density at radius 3 is 2.05 bits per heavy atom. The zero-order valence-electron chi connectivity index (χ0n) is 20.8. The average molecular weight is 668 g/mol. The third-order valence-corrected chi connectivity index (χ3v) is 8.00. The van der Waals surface area contributed by atoms with Gasteiger partial charge >= 0.3 is 6.18 Å². The van der Waals surface area contributed by atoms with Crippen molar-refractivity contribution in [2.24, 2.45) is 5.92 Å². The highest BCUT2D eigenvalue weighted by molar-refractivity contribution is 6.53. The molecular formula is C27H19Cl5F3N3O3. The van der Waals surface area contributed by atoms with Crippen molar-refractivity contribution in [2.45, 2.75) is 22.8 Å². The smallest absolute Gasteiger partial charge is 0.326 e. The van der Waals surface area contributed by atoms with Crippen LogP contribution in [0.2, 0.25) is 15.1 Å². The van der Waals surface area contributed by atoms with Gasteiger partial charge in [0.25, 0.3) is 5.91 Å². The molecule has 14 heteroatoms. The van der Waals surface area contributed by atoms with Gasteiger partial charge in [0.15, 0.2) is 0 Å². The highest BCUT2D eigenvalue weighted by Crippen LogP contribution is 2.65. The van der Waals surface area contributed by atoms with E-state index < -0.39 is 46.5 Å². The van der Waals surface area contributed by atoms with Crippen molar-refractivity contribution in [1.29, 1.82) is 0 Å². The van der Waals surface area contributed by atoms with Gasteiger partial charge in [-0.25, -0.2) is 0 Å². The summed E-state index contributed by atoms with van der Waals surface area (Å²) in [5, 5.41) is 6.14. The summed E-state index contributed by atoms with van der Waals surface area (Å²) in [4.78, 5) is 38.7. The van der Waals surface area contributed by atoms with E-state index in [-0.39, 0.29) is 27.6 Å². The van der Waals surface area contributed by atoms with Gasteiger partial charge in [-0.05, 0) is 66.2 Å². The molecule has 0 bridgehead atoms. The molecule has 0 aliphatic heterocycles. The largest absolute Gasteiger partial charge is 0.397 e. The number of benzene rings is 3. The first-order valence-corrected chi connectivity index (χ1v) is 13.6. The molecule has 6 nitrogen and oxygen atoms in total. The third-order valence-electron chi connectivity index (χ3n) is 6.30. The molecule has 0 unspecified atom stereocenters. The van der Waals surface area contributed by atoms with Crippen molar-refractivity contribution in [1.82, 2.24) is 0 Å². The third kappa shape index (κ3) is 7.40. The summed E-state index contributed by atoms with van der Waals surface area (Å²) in [7, 11) is 1.22. The second-order valence-corrected chi connectivity index (χ2v) is 12.0. The highest BCUT2D eigenvalue weighted by Gasteiger charge is 2.67. The van der Waals surface area contributed by atoms with Gasteiger partial charge in [-0.3, -0.25) is 14.4 Å². The summed E-state index contributed by atoms with van der Waals surface area (Å²) in [6, 6.07) is 14.7. The Morgan fingerprint density at radius 2 is 1.46 bits per heavy atom. The molecule has 0 aromatic heterocycles. The van der Waals surface area contributed by atoms with Gasteiger partial charge in [0.05, 0.1) is 16.5 Å². The van der Waals surface area contributed by atoms with Crippen LogP contribution in [-0.2, 0) is 9.59 Å². The van der Waals surface area contributed by atoms with E-state index in [1.165, 1.54) is 49.5 Å². The first kappa shape index (κ1) is 31.3. The summed E-state index contributed by atoms with van der Waals surface area (Å²) >= 11 is 31.2. The summed E-state index contributed by atoms with van der Waals surface area (Å²) in [6.07, 6.45) is -6.23. The number of rotatable bonds is 7. The molecule has 1 aliphatic carbocycles. The van der Waals surface area contributed by atoms with E-state index in [1.807, 2.05) is 0 Å². The number of alkyl halides is 5. The van der Waals surface area contributed by atoms with E-state index >= 15 is 0 Å². The molecule has 216 valence electrons. The number of carbonyl (C=O) groups is 3. The van der Waals surface area contributed by atoms with E-state index in [0.717, 1.165) is 4.90 Å². The highest BCUT2D eigenvalue weighted by atomic mass is 35.5. The van der Waals surface area contributed by atoms with Crippen LogP contribution in [0.25, 0.3) is 0 Å². The second-order valence-electron chi connectivity index (χ2n) is 9.26. The number of nitrogens with zero attached hydrogens (tertiary/aromatic N) is 1. The van der Waals surface area contributed by atoms with Gasteiger partial charge in [-0.15, -0.1) is 23.2 Å². The monoisotopic (exact) mass is 665 g/mol. The number of halogens is 8. The molecule has 1 saturated carbocycles. The van der Waals surface area contributed by atoms with Gasteiger partial charge in [0.2, 0.25) is 11.8 Å². The van der Waals surface area contributed by atoms with Gasteiger partial charge in [0.1, 0.15) is 10.8 Å². The van der Waals surface area contributed by atoms with E-state index in [0.29, 0.717) is 15.6 Å². The molecule has 2 N–H and O–H groups in total. The maximum Gasteiger partial charge on any atom is 0.397 e. The Labute approximate surface area is 257 Å². The zero-order chi connectivity index (χ0) is 30.3. The molecule has 1 fully saturated rings. The predicted octanol–water partition coefficient (Wildman–Crippen LogP) is 8.34. The van der Waals surface area contributed by atoms with Crippen LogP contribution in [0.4, 0.5) is 30.2 Å².